The quantitative estimate of drug-likeness (QED) is 0.798. The molecule has 0 radical (unpaired) electrons. The molecule has 4 saturated carbocycles. The molecule has 3 heteroatoms. The first kappa shape index (κ1) is 12.2. The van der Waals surface area contributed by atoms with Gasteiger partial charge in [0.2, 0.25) is 5.91 Å². The first-order valence-corrected chi connectivity index (χ1v) is 8.16. The van der Waals surface area contributed by atoms with E-state index >= 15 is 0 Å². The lowest BCUT2D eigenvalue weighted by molar-refractivity contribution is -0.139. The van der Waals surface area contributed by atoms with Gasteiger partial charge in [-0.2, -0.15) is 0 Å². The number of carbonyl (C=O) groups is 1. The second-order valence-electron chi connectivity index (χ2n) is 7.93. The Labute approximate surface area is 115 Å². The number of carbonyl (C=O) groups excluding carboxylic acids is 1. The maximum Gasteiger partial charge on any atom is 0.224 e. The van der Waals surface area contributed by atoms with Gasteiger partial charge in [0.15, 0.2) is 0 Å². The van der Waals surface area contributed by atoms with E-state index in [0.717, 1.165) is 31.3 Å². The van der Waals surface area contributed by atoms with E-state index in [9.17, 15) is 4.79 Å². The van der Waals surface area contributed by atoms with E-state index in [1.807, 2.05) is 0 Å². The maximum absolute atomic E-state index is 12.8. The number of hydrogen-bond donors (Lipinski definition) is 2. The Bertz CT molecular complexity index is 358. The molecule has 5 fully saturated rings. The highest BCUT2D eigenvalue weighted by atomic mass is 16.2. The highest BCUT2D eigenvalue weighted by molar-refractivity contribution is 5.80. The Balaban J connectivity index is 1.48. The highest BCUT2D eigenvalue weighted by Crippen LogP contribution is 2.56. The molecule has 1 heterocycles. The first-order valence-electron chi connectivity index (χ1n) is 8.16. The van der Waals surface area contributed by atoms with Crippen LogP contribution in [0.25, 0.3) is 0 Å². The molecule has 3 nitrogen and oxygen atoms in total. The summed E-state index contributed by atoms with van der Waals surface area (Å²) in [5.74, 6) is 4.03. The molecule has 0 aromatic rings. The summed E-state index contributed by atoms with van der Waals surface area (Å²) in [4.78, 5) is 12.8. The molecule has 0 aromatic heterocycles. The first-order chi connectivity index (χ1) is 9.13. The number of nitrogens with one attached hydrogen (secondary N) is 2. The average Bonchev–Trinajstić information content (AvgIpc) is 2.74. The van der Waals surface area contributed by atoms with Gasteiger partial charge in [0.05, 0.1) is 5.54 Å². The second kappa shape index (κ2) is 4.21. The fraction of sp³-hybridized carbons (Fsp3) is 0.938. The van der Waals surface area contributed by atoms with Crippen LogP contribution in [0.15, 0.2) is 0 Å². The van der Waals surface area contributed by atoms with E-state index in [-0.39, 0.29) is 5.54 Å². The lowest BCUT2D eigenvalue weighted by Gasteiger charge is -2.54. The third-order valence-electron chi connectivity index (χ3n) is 6.32. The molecule has 4 bridgehead atoms. The Morgan fingerprint density at radius 2 is 1.74 bits per heavy atom. The minimum absolute atomic E-state index is 0.00570. The lowest BCUT2D eigenvalue weighted by atomic mass is 9.51. The molecule has 1 atom stereocenters. The fourth-order valence-corrected chi connectivity index (χ4v) is 5.66. The molecule has 0 aromatic carbocycles. The van der Waals surface area contributed by atoms with Crippen LogP contribution < -0.4 is 10.6 Å². The van der Waals surface area contributed by atoms with Crippen LogP contribution in [-0.4, -0.2) is 24.5 Å². The van der Waals surface area contributed by atoms with Crippen molar-refractivity contribution in [3.8, 4) is 0 Å². The van der Waals surface area contributed by atoms with Gasteiger partial charge in [-0.15, -0.1) is 0 Å². The summed E-state index contributed by atoms with van der Waals surface area (Å²) in [6.45, 7) is 4.17. The molecule has 2 N–H and O–H groups in total. The van der Waals surface area contributed by atoms with Crippen LogP contribution in [0.3, 0.4) is 0 Å². The minimum atomic E-state index is 0.00570. The molecule has 1 saturated heterocycles. The van der Waals surface area contributed by atoms with Gasteiger partial charge < -0.3 is 10.6 Å². The van der Waals surface area contributed by atoms with Crippen molar-refractivity contribution < 1.29 is 4.79 Å². The SMILES string of the molecule is CC1(NC(=O)C2C3CC4CC(C3)CC2C4)CCNC1. The molecule has 5 aliphatic rings. The van der Waals surface area contributed by atoms with E-state index in [1.54, 1.807) is 0 Å². The van der Waals surface area contributed by atoms with Gasteiger partial charge in [0.1, 0.15) is 0 Å². The Hall–Kier alpha value is -0.570. The maximum atomic E-state index is 12.8. The third-order valence-corrected chi connectivity index (χ3v) is 6.32. The van der Waals surface area contributed by atoms with Crippen molar-refractivity contribution in [3.63, 3.8) is 0 Å². The predicted molar refractivity (Wildman–Crippen MR) is 74.6 cm³/mol. The zero-order valence-electron chi connectivity index (χ0n) is 12.0. The number of hydrogen-bond acceptors (Lipinski definition) is 2. The van der Waals surface area contributed by atoms with Gasteiger partial charge in [-0.3, -0.25) is 4.79 Å². The molecule has 19 heavy (non-hydrogen) atoms. The molecular formula is C16H26N2O. The summed E-state index contributed by atoms with van der Waals surface area (Å²) in [6, 6.07) is 0. The Kier molecular flexibility index (Phi) is 2.70. The van der Waals surface area contributed by atoms with Crippen molar-refractivity contribution >= 4 is 5.91 Å². The van der Waals surface area contributed by atoms with E-state index in [4.69, 9.17) is 0 Å². The van der Waals surface area contributed by atoms with Crippen LogP contribution in [0.1, 0.15) is 45.4 Å². The number of amides is 1. The van der Waals surface area contributed by atoms with Crippen molar-refractivity contribution in [1.29, 1.82) is 0 Å². The highest BCUT2D eigenvalue weighted by Gasteiger charge is 2.51. The van der Waals surface area contributed by atoms with Crippen LogP contribution in [0.5, 0.6) is 0 Å². The Morgan fingerprint density at radius 3 is 2.26 bits per heavy atom. The lowest BCUT2D eigenvalue weighted by Crippen LogP contribution is -2.56. The smallest absolute Gasteiger partial charge is 0.224 e. The summed E-state index contributed by atoms with van der Waals surface area (Å²) < 4.78 is 0. The van der Waals surface area contributed by atoms with Crippen molar-refractivity contribution in [2.75, 3.05) is 13.1 Å². The van der Waals surface area contributed by atoms with Gasteiger partial charge in [0, 0.05) is 12.5 Å². The molecule has 0 spiro atoms. The monoisotopic (exact) mass is 262 g/mol. The summed E-state index contributed by atoms with van der Waals surface area (Å²) in [7, 11) is 0. The van der Waals surface area contributed by atoms with Gasteiger partial charge in [-0.05, 0) is 75.7 Å². The Morgan fingerprint density at radius 1 is 1.11 bits per heavy atom. The van der Waals surface area contributed by atoms with Crippen LogP contribution in [0.4, 0.5) is 0 Å². The second-order valence-corrected chi connectivity index (χ2v) is 7.93. The van der Waals surface area contributed by atoms with Crippen LogP contribution in [0, 0.1) is 29.6 Å². The standard InChI is InChI=1S/C16H26N2O/c1-16(2-3-17-9-16)18-15(19)14-12-5-10-4-11(7-12)8-13(14)6-10/h10-14,17H,2-9H2,1H3,(H,18,19). The van der Waals surface area contributed by atoms with Gasteiger partial charge in [-0.25, -0.2) is 0 Å². The van der Waals surface area contributed by atoms with Gasteiger partial charge >= 0.3 is 0 Å². The molecule has 4 aliphatic carbocycles. The summed E-state index contributed by atoms with van der Waals surface area (Å²) >= 11 is 0. The molecule has 1 unspecified atom stereocenters. The number of rotatable bonds is 2. The van der Waals surface area contributed by atoms with E-state index in [2.05, 4.69) is 17.6 Å². The zero-order chi connectivity index (χ0) is 13.0. The molecule has 1 aliphatic heterocycles. The van der Waals surface area contributed by atoms with Crippen LogP contribution in [0.2, 0.25) is 0 Å². The third kappa shape index (κ3) is 2.01. The fourth-order valence-electron chi connectivity index (χ4n) is 5.66. The summed E-state index contributed by atoms with van der Waals surface area (Å²) in [5.41, 5.74) is 0.00570. The van der Waals surface area contributed by atoms with Gasteiger partial charge in [-0.1, -0.05) is 0 Å². The van der Waals surface area contributed by atoms with Crippen molar-refractivity contribution in [1.82, 2.24) is 10.6 Å². The molecule has 1 amide bonds. The topological polar surface area (TPSA) is 41.1 Å². The van der Waals surface area contributed by atoms with Crippen molar-refractivity contribution in [3.05, 3.63) is 0 Å². The van der Waals surface area contributed by atoms with Gasteiger partial charge in [0.25, 0.3) is 0 Å². The zero-order valence-corrected chi connectivity index (χ0v) is 12.0. The molecule has 106 valence electrons. The van der Waals surface area contributed by atoms with Crippen molar-refractivity contribution in [2.24, 2.45) is 29.6 Å². The molecule has 5 rings (SSSR count). The van der Waals surface area contributed by atoms with Crippen molar-refractivity contribution in [2.45, 2.75) is 51.0 Å². The largest absolute Gasteiger partial charge is 0.349 e. The average molecular weight is 262 g/mol. The summed E-state index contributed by atoms with van der Waals surface area (Å²) in [5, 5.41) is 6.75. The van der Waals surface area contributed by atoms with Crippen LogP contribution in [-0.2, 0) is 4.79 Å². The van der Waals surface area contributed by atoms with Crippen LogP contribution >= 0.6 is 0 Å². The van der Waals surface area contributed by atoms with E-state index in [0.29, 0.717) is 23.7 Å². The molecular weight excluding hydrogens is 236 g/mol. The minimum Gasteiger partial charge on any atom is -0.349 e. The summed E-state index contributed by atoms with van der Waals surface area (Å²) in [6.07, 6.45) is 7.87. The van der Waals surface area contributed by atoms with E-state index < -0.39 is 0 Å². The normalized spacial score (nSPS) is 51.5. The van der Waals surface area contributed by atoms with E-state index in [1.165, 1.54) is 32.1 Å². The predicted octanol–water partition coefficient (Wildman–Crippen LogP) is 1.93.